The maximum Gasteiger partial charge on any atom is 0.289 e. The van der Waals surface area contributed by atoms with Crippen LogP contribution >= 0.6 is 0 Å². The minimum Gasteiger partial charge on any atom is -0.459 e. The second kappa shape index (κ2) is 7.33. The number of nitrogens with zero attached hydrogens (tertiary/aromatic N) is 4. The molecule has 1 N–H and O–H groups in total. The van der Waals surface area contributed by atoms with Gasteiger partial charge in [-0.05, 0) is 25.5 Å². The van der Waals surface area contributed by atoms with Crippen molar-refractivity contribution < 1.29 is 9.21 Å². The van der Waals surface area contributed by atoms with Crippen LogP contribution in [-0.2, 0) is 0 Å². The molecule has 0 aliphatic carbocycles. The average Bonchev–Trinajstić information content (AvgIpc) is 3.13. The van der Waals surface area contributed by atoms with E-state index in [1.54, 1.807) is 12.1 Å². The number of rotatable bonds is 5. The third kappa shape index (κ3) is 3.67. The van der Waals surface area contributed by atoms with Crippen LogP contribution in [0.4, 0.5) is 11.6 Å². The van der Waals surface area contributed by atoms with Gasteiger partial charge in [-0.15, -0.1) is 0 Å². The number of carbonyl (C=O) groups excluding carboxylic acids is 1. The van der Waals surface area contributed by atoms with Gasteiger partial charge in [0.1, 0.15) is 17.5 Å². The molecule has 0 unspecified atom stereocenters. The first-order valence-electron chi connectivity index (χ1n) is 8.34. The number of carbonyl (C=O) groups is 1. The van der Waals surface area contributed by atoms with Gasteiger partial charge in [0.25, 0.3) is 5.91 Å². The average molecular weight is 329 g/mol. The molecule has 7 nitrogen and oxygen atoms in total. The van der Waals surface area contributed by atoms with Gasteiger partial charge < -0.3 is 19.5 Å². The summed E-state index contributed by atoms with van der Waals surface area (Å²) in [5, 5.41) is 3.31. The van der Waals surface area contributed by atoms with Gasteiger partial charge in [-0.25, -0.2) is 9.97 Å². The summed E-state index contributed by atoms with van der Waals surface area (Å²) in [6.07, 6.45) is 2.57. The van der Waals surface area contributed by atoms with Crippen LogP contribution in [0.15, 0.2) is 28.9 Å². The summed E-state index contributed by atoms with van der Waals surface area (Å²) >= 11 is 0. The van der Waals surface area contributed by atoms with Gasteiger partial charge in [0.2, 0.25) is 0 Å². The molecule has 128 valence electrons. The molecule has 2 aromatic heterocycles. The second-order valence-electron chi connectivity index (χ2n) is 5.84. The zero-order chi connectivity index (χ0) is 16.9. The van der Waals surface area contributed by atoms with Gasteiger partial charge in [-0.1, -0.05) is 6.92 Å². The van der Waals surface area contributed by atoms with Gasteiger partial charge in [-0.2, -0.15) is 0 Å². The molecule has 0 saturated carbocycles. The number of aromatic nitrogens is 2. The number of amides is 1. The topological polar surface area (TPSA) is 74.5 Å². The number of anilines is 2. The van der Waals surface area contributed by atoms with E-state index in [4.69, 9.17) is 4.42 Å². The van der Waals surface area contributed by atoms with E-state index < -0.39 is 0 Å². The Kier molecular flexibility index (Phi) is 4.98. The summed E-state index contributed by atoms with van der Waals surface area (Å²) in [5.74, 6) is 2.86. The molecule has 3 heterocycles. The fraction of sp³-hybridized carbons (Fsp3) is 0.471. The fourth-order valence-electron chi connectivity index (χ4n) is 2.75. The second-order valence-corrected chi connectivity index (χ2v) is 5.84. The number of hydrogen-bond donors (Lipinski definition) is 1. The minimum atomic E-state index is -0.0520. The van der Waals surface area contributed by atoms with Crippen molar-refractivity contribution in [2.24, 2.45) is 0 Å². The van der Waals surface area contributed by atoms with Crippen LogP contribution in [0.25, 0.3) is 0 Å². The molecule has 1 aliphatic heterocycles. The SMILES string of the molecule is CCCNc1cc(N2CCN(C(=O)c3ccco3)CC2)nc(C)n1. The summed E-state index contributed by atoms with van der Waals surface area (Å²) < 4.78 is 5.20. The first-order chi connectivity index (χ1) is 11.7. The van der Waals surface area contributed by atoms with E-state index in [1.807, 2.05) is 17.9 Å². The van der Waals surface area contributed by atoms with E-state index in [1.165, 1.54) is 6.26 Å². The molecule has 0 radical (unpaired) electrons. The zero-order valence-electron chi connectivity index (χ0n) is 14.2. The highest BCUT2D eigenvalue weighted by atomic mass is 16.3. The normalized spacial score (nSPS) is 14.8. The lowest BCUT2D eigenvalue weighted by molar-refractivity contribution is 0.0714. The predicted molar refractivity (Wildman–Crippen MR) is 92.4 cm³/mol. The number of nitrogens with one attached hydrogen (secondary N) is 1. The van der Waals surface area contributed by atoms with Gasteiger partial charge in [0, 0.05) is 38.8 Å². The van der Waals surface area contributed by atoms with E-state index in [0.717, 1.165) is 43.5 Å². The van der Waals surface area contributed by atoms with E-state index in [-0.39, 0.29) is 5.91 Å². The van der Waals surface area contributed by atoms with Gasteiger partial charge >= 0.3 is 0 Å². The van der Waals surface area contributed by atoms with Crippen molar-refractivity contribution in [1.82, 2.24) is 14.9 Å². The third-order valence-electron chi connectivity index (χ3n) is 4.00. The van der Waals surface area contributed by atoms with Crippen LogP contribution in [0, 0.1) is 6.92 Å². The first kappa shape index (κ1) is 16.3. The Morgan fingerprint density at radius 3 is 2.75 bits per heavy atom. The third-order valence-corrected chi connectivity index (χ3v) is 4.00. The molecule has 0 bridgehead atoms. The Balaban J connectivity index is 1.64. The molecule has 0 spiro atoms. The number of hydrogen-bond acceptors (Lipinski definition) is 6. The molecule has 3 rings (SSSR count). The lowest BCUT2D eigenvalue weighted by atomic mass is 10.2. The maximum absolute atomic E-state index is 12.3. The molecule has 1 aliphatic rings. The molecule has 7 heteroatoms. The van der Waals surface area contributed by atoms with Gasteiger partial charge in [0.05, 0.1) is 6.26 Å². The van der Waals surface area contributed by atoms with Crippen molar-refractivity contribution in [1.29, 1.82) is 0 Å². The molecule has 1 amide bonds. The van der Waals surface area contributed by atoms with Crippen LogP contribution < -0.4 is 10.2 Å². The van der Waals surface area contributed by atoms with Crippen LogP contribution in [0.5, 0.6) is 0 Å². The molecular weight excluding hydrogens is 306 g/mol. The summed E-state index contributed by atoms with van der Waals surface area (Å²) in [5.41, 5.74) is 0. The standard InChI is InChI=1S/C17H23N5O2/c1-3-6-18-15-12-16(20-13(2)19-15)21-7-9-22(10-8-21)17(23)14-5-4-11-24-14/h4-5,11-12H,3,6-10H2,1-2H3,(H,18,19,20). The Labute approximate surface area is 141 Å². The van der Waals surface area contributed by atoms with Gasteiger partial charge in [-0.3, -0.25) is 4.79 Å². The van der Waals surface area contributed by atoms with Crippen molar-refractivity contribution in [2.45, 2.75) is 20.3 Å². The molecular formula is C17H23N5O2. The molecule has 1 saturated heterocycles. The van der Waals surface area contributed by atoms with Crippen LogP contribution in [0.3, 0.4) is 0 Å². The Hall–Kier alpha value is -2.57. The van der Waals surface area contributed by atoms with Crippen molar-refractivity contribution in [3.63, 3.8) is 0 Å². The smallest absolute Gasteiger partial charge is 0.289 e. The van der Waals surface area contributed by atoms with Crippen LogP contribution in [0.2, 0.25) is 0 Å². The lowest BCUT2D eigenvalue weighted by Gasteiger charge is -2.35. The molecule has 24 heavy (non-hydrogen) atoms. The quantitative estimate of drug-likeness (QED) is 0.906. The van der Waals surface area contributed by atoms with Crippen molar-refractivity contribution in [2.75, 3.05) is 42.9 Å². The highest BCUT2D eigenvalue weighted by molar-refractivity contribution is 5.91. The summed E-state index contributed by atoms with van der Waals surface area (Å²) in [4.78, 5) is 25.3. The van der Waals surface area contributed by atoms with Crippen molar-refractivity contribution in [3.8, 4) is 0 Å². The zero-order valence-corrected chi connectivity index (χ0v) is 14.2. The monoisotopic (exact) mass is 329 g/mol. The number of aryl methyl sites for hydroxylation is 1. The van der Waals surface area contributed by atoms with Crippen molar-refractivity contribution in [3.05, 3.63) is 36.0 Å². The van der Waals surface area contributed by atoms with E-state index >= 15 is 0 Å². The van der Waals surface area contributed by atoms with Gasteiger partial charge in [0.15, 0.2) is 5.76 Å². The van der Waals surface area contributed by atoms with Crippen molar-refractivity contribution >= 4 is 17.5 Å². The Bertz CT molecular complexity index is 678. The van der Waals surface area contributed by atoms with Crippen LogP contribution in [0.1, 0.15) is 29.7 Å². The van der Waals surface area contributed by atoms with E-state index in [9.17, 15) is 4.79 Å². The maximum atomic E-state index is 12.3. The summed E-state index contributed by atoms with van der Waals surface area (Å²) in [6.45, 7) is 7.71. The highest BCUT2D eigenvalue weighted by Crippen LogP contribution is 2.18. The number of piperazine rings is 1. The number of furan rings is 1. The Morgan fingerprint density at radius 1 is 1.29 bits per heavy atom. The fourth-order valence-corrected chi connectivity index (χ4v) is 2.75. The lowest BCUT2D eigenvalue weighted by Crippen LogP contribution is -2.49. The highest BCUT2D eigenvalue weighted by Gasteiger charge is 2.24. The molecule has 2 aromatic rings. The van der Waals surface area contributed by atoms with Crippen LogP contribution in [-0.4, -0.2) is 53.5 Å². The van der Waals surface area contributed by atoms with E-state index in [0.29, 0.717) is 18.8 Å². The minimum absolute atomic E-state index is 0.0520. The largest absolute Gasteiger partial charge is 0.459 e. The molecule has 1 fully saturated rings. The molecule has 0 aromatic carbocycles. The Morgan fingerprint density at radius 2 is 2.08 bits per heavy atom. The predicted octanol–water partition coefficient (Wildman–Crippen LogP) is 2.16. The molecule has 0 atom stereocenters. The summed E-state index contributed by atoms with van der Waals surface area (Å²) in [6, 6.07) is 5.42. The summed E-state index contributed by atoms with van der Waals surface area (Å²) in [7, 11) is 0. The van der Waals surface area contributed by atoms with E-state index in [2.05, 4.69) is 27.1 Å². The first-order valence-corrected chi connectivity index (χ1v) is 8.34.